The molecule has 114 valence electrons. The molecule has 0 N–H and O–H groups in total. The van der Waals surface area contributed by atoms with Gasteiger partial charge in [0.15, 0.2) is 0 Å². The highest BCUT2D eigenvalue weighted by atomic mass is 35.5. The van der Waals surface area contributed by atoms with E-state index in [4.69, 9.17) is 11.6 Å². The normalized spacial score (nSPS) is 17.6. The molecule has 6 nitrogen and oxygen atoms in total. The summed E-state index contributed by atoms with van der Waals surface area (Å²) in [6.07, 6.45) is 3.99. The number of halogens is 1. The first kappa shape index (κ1) is 15.7. The van der Waals surface area contributed by atoms with Crippen molar-refractivity contribution in [3.63, 3.8) is 0 Å². The minimum absolute atomic E-state index is 0.00873. The molecule has 1 aliphatic rings. The number of nitrogens with zero attached hydrogens (tertiary/aromatic N) is 3. The number of hydrogen-bond donors (Lipinski definition) is 0. The number of pyridine rings is 1. The van der Waals surface area contributed by atoms with Crippen molar-refractivity contribution in [1.29, 1.82) is 0 Å². The van der Waals surface area contributed by atoms with Gasteiger partial charge in [-0.3, -0.25) is 14.9 Å². The highest BCUT2D eigenvalue weighted by Crippen LogP contribution is 2.34. The Morgan fingerprint density at radius 2 is 2.14 bits per heavy atom. The molecule has 0 radical (unpaired) electrons. The summed E-state index contributed by atoms with van der Waals surface area (Å²) >= 11 is 5.92. The van der Waals surface area contributed by atoms with Gasteiger partial charge in [-0.25, -0.2) is 4.98 Å². The van der Waals surface area contributed by atoms with Crippen molar-refractivity contribution in [1.82, 2.24) is 9.88 Å². The average molecular weight is 312 g/mol. The van der Waals surface area contributed by atoms with Crippen LogP contribution in [0.15, 0.2) is 12.3 Å². The van der Waals surface area contributed by atoms with Crippen LogP contribution in [-0.2, 0) is 0 Å². The Hall–Kier alpha value is -1.69. The second-order valence-corrected chi connectivity index (χ2v) is 6.10. The van der Waals surface area contributed by atoms with Crippen molar-refractivity contribution in [3.8, 4) is 0 Å². The number of piperidine rings is 1. The molecule has 0 bridgehead atoms. The van der Waals surface area contributed by atoms with Crippen LogP contribution in [0.3, 0.4) is 0 Å². The van der Waals surface area contributed by atoms with Crippen LogP contribution in [0.4, 0.5) is 5.69 Å². The third kappa shape index (κ3) is 3.32. The van der Waals surface area contributed by atoms with Gasteiger partial charge in [-0.2, -0.15) is 0 Å². The van der Waals surface area contributed by atoms with Crippen LogP contribution >= 0.6 is 11.6 Å². The zero-order valence-corrected chi connectivity index (χ0v) is 12.9. The molecule has 0 spiro atoms. The Morgan fingerprint density at radius 3 is 2.67 bits per heavy atom. The van der Waals surface area contributed by atoms with Gasteiger partial charge in [-0.15, -0.1) is 0 Å². The fourth-order valence-electron chi connectivity index (χ4n) is 2.46. The molecule has 2 rings (SSSR count). The lowest BCUT2D eigenvalue weighted by molar-refractivity contribution is -0.385. The molecule has 1 aliphatic heterocycles. The molecule has 1 fully saturated rings. The first-order chi connectivity index (χ1) is 9.86. The highest BCUT2D eigenvalue weighted by Gasteiger charge is 2.31. The molecule has 21 heavy (non-hydrogen) atoms. The molecule has 0 atom stereocenters. The van der Waals surface area contributed by atoms with Crippen LogP contribution in [0.2, 0.25) is 5.15 Å². The zero-order chi connectivity index (χ0) is 15.6. The summed E-state index contributed by atoms with van der Waals surface area (Å²) in [6, 6.07) is 1.20. The number of amides is 1. The summed E-state index contributed by atoms with van der Waals surface area (Å²) in [6.45, 7) is 5.65. The second kappa shape index (κ2) is 5.97. The molecule has 7 heteroatoms. The van der Waals surface area contributed by atoms with E-state index in [1.54, 1.807) is 4.90 Å². The minimum atomic E-state index is -0.579. The molecule has 1 aromatic rings. The van der Waals surface area contributed by atoms with Gasteiger partial charge in [0.05, 0.1) is 10.5 Å². The van der Waals surface area contributed by atoms with E-state index in [1.807, 2.05) is 0 Å². The Kier molecular flexibility index (Phi) is 4.46. The highest BCUT2D eigenvalue weighted by molar-refractivity contribution is 6.32. The predicted octanol–water partition coefficient (Wildman–Crippen LogP) is 3.30. The van der Waals surface area contributed by atoms with E-state index in [2.05, 4.69) is 18.8 Å². The van der Waals surface area contributed by atoms with E-state index in [1.165, 1.54) is 6.07 Å². The van der Waals surface area contributed by atoms with Crippen molar-refractivity contribution in [2.24, 2.45) is 5.41 Å². The molecule has 0 saturated carbocycles. The average Bonchev–Trinajstić information content (AvgIpc) is 2.47. The number of aromatic nitrogens is 1. The standard InChI is InChI=1S/C14H18ClN3O3/c1-3-14(2)4-6-17(7-5-14)13(19)11-8-10(18(20)21)9-16-12(11)15/h8-9H,3-7H2,1-2H3. The van der Waals surface area contributed by atoms with Gasteiger partial charge in [0.25, 0.3) is 11.6 Å². The van der Waals surface area contributed by atoms with Gasteiger partial charge in [-0.1, -0.05) is 31.9 Å². The molecular weight excluding hydrogens is 294 g/mol. The minimum Gasteiger partial charge on any atom is -0.339 e. The molecule has 1 amide bonds. The number of nitro groups is 1. The van der Waals surface area contributed by atoms with Gasteiger partial charge in [-0.05, 0) is 18.3 Å². The summed E-state index contributed by atoms with van der Waals surface area (Å²) in [5, 5.41) is 10.8. The van der Waals surface area contributed by atoms with Crippen LogP contribution < -0.4 is 0 Å². The maximum absolute atomic E-state index is 12.5. The number of hydrogen-bond acceptors (Lipinski definition) is 4. The second-order valence-electron chi connectivity index (χ2n) is 5.75. The monoisotopic (exact) mass is 311 g/mol. The van der Waals surface area contributed by atoms with Crippen LogP contribution in [0.5, 0.6) is 0 Å². The molecule has 2 heterocycles. The van der Waals surface area contributed by atoms with Crippen molar-refractivity contribution in [2.45, 2.75) is 33.1 Å². The van der Waals surface area contributed by atoms with Crippen LogP contribution in [0.1, 0.15) is 43.5 Å². The molecule has 0 aromatic carbocycles. The van der Waals surface area contributed by atoms with Crippen LogP contribution in [0, 0.1) is 15.5 Å². The Morgan fingerprint density at radius 1 is 1.52 bits per heavy atom. The van der Waals surface area contributed by atoms with Crippen molar-refractivity contribution in [2.75, 3.05) is 13.1 Å². The van der Waals surface area contributed by atoms with Gasteiger partial charge in [0.2, 0.25) is 0 Å². The van der Waals surface area contributed by atoms with E-state index in [0.29, 0.717) is 13.1 Å². The van der Waals surface area contributed by atoms with E-state index in [0.717, 1.165) is 25.5 Å². The maximum Gasteiger partial charge on any atom is 0.288 e. The molecule has 0 aliphatic carbocycles. The van der Waals surface area contributed by atoms with Gasteiger partial charge < -0.3 is 4.90 Å². The summed E-state index contributed by atoms with van der Waals surface area (Å²) < 4.78 is 0. The Bertz CT molecular complexity index is 569. The molecule has 1 aromatic heterocycles. The van der Waals surface area contributed by atoms with Crippen molar-refractivity contribution < 1.29 is 9.72 Å². The summed E-state index contributed by atoms with van der Waals surface area (Å²) in [7, 11) is 0. The fourth-order valence-corrected chi connectivity index (χ4v) is 2.64. The van der Waals surface area contributed by atoms with Gasteiger partial charge >= 0.3 is 0 Å². The summed E-state index contributed by atoms with van der Waals surface area (Å²) in [5.41, 5.74) is 0.144. The van der Waals surface area contributed by atoms with E-state index < -0.39 is 4.92 Å². The number of likely N-dealkylation sites (tertiary alicyclic amines) is 1. The predicted molar refractivity (Wildman–Crippen MR) is 79.4 cm³/mol. The van der Waals surface area contributed by atoms with E-state index >= 15 is 0 Å². The third-order valence-corrected chi connectivity index (χ3v) is 4.68. The molecule has 1 saturated heterocycles. The van der Waals surface area contributed by atoms with Crippen LogP contribution in [0.25, 0.3) is 0 Å². The molecular formula is C14H18ClN3O3. The lowest BCUT2D eigenvalue weighted by Gasteiger charge is -2.38. The Balaban J connectivity index is 2.18. The number of carbonyl (C=O) groups excluding carboxylic acids is 1. The SMILES string of the molecule is CCC1(C)CCN(C(=O)c2cc([N+](=O)[O-])cnc2Cl)CC1. The maximum atomic E-state index is 12.5. The quantitative estimate of drug-likeness (QED) is 0.487. The van der Waals surface area contributed by atoms with Crippen molar-refractivity contribution in [3.05, 3.63) is 33.1 Å². The number of carbonyl (C=O) groups is 1. The van der Waals surface area contributed by atoms with Crippen LogP contribution in [-0.4, -0.2) is 33.8 Å². The number of rotatable bonds is 3. The van der Waals surface area contributed by atoms with Crippen molar-refractivity contribution >= 4 is 23.2 Å². The van der Waals surface area contributed by atoms with Gasteiger partial charge in [0, 0.05) is 19.2 Å². The largest absolute Gasteiger partial charge is 0.339 e. The van der Waals surface area contributed by atoms with E-state index in [9.17, 15) is 14.9 Å². The lowest BCUT2D eigenvalue weighted by Crippen LogP contribution is -2.42. The smallest absolute Gasteiger partial charge is 0.288 e. The zero-order valence-electron chi connectivity index (χ0n) is 12.1. The third-order valence-electron chi connectivity index (χ3n) is 4.38. The topological polar surface area (TPSA) is 76.3 Å². The summed E-state index contributed by atoms with van der Waals surface area (Å²) in [4.78, 5) is 28.1. The molecule has 0 unspecified atom stereocenters. The van der Waals surface area contributed by atoms with E-state index in [-0.39, 0.29) is 27.7 Å². The summed E-state index contributed by atoms with van der Waals surface area (Å²) in [5.74, 6) is -0.283. The Labute approximate surface area is 128 Å². The van der Waals surface area contributed by atoms with Gasteiger partial charge in [0.1, 0.15) is 11.3 Å². The first-order valence-corrected chi connectivity index (χ1v) is 7.33. The first-order valence-electron chi connectivity index (χ1n) is 6.95. The fraction of sp³-hybridized carbons (Fsp3) is 0.571. The lowest BCUT2D eigenvalue weighted by atomic mass is 9.78.